The minimum absolute atomic E-state index is 0.0376. The monoisotopic (exact) mass is 720 g/mol. The number of alkyl carbamates (subject to hydrolysis) is 1. The van der Waals surface area contributed by atoms with Crippen LogP contribution in [0.15, 0.2) is 66.7 Å². The second-order valence-corrected chi connectivity index (χ2v) is 15.1. The van der Waals surface area contributed by atoms with Crippen LogP contribution >= 0.6 is 0 Å². The van der Waals surface area contributed by atoms with Crippen LogP contribution in [0.5, 0.6) is 0 Å². The van der Waals surface area contributed by atoms with E-state index in [2.05, 4.69) is 41.9 Å². The summed E-state index contributed by atoms with van der Waals surface area (Å²) in [5.41, 5.74) is 5.18. The van der Waals surface area contributed by atoms with E-state index in [0.717, 1.165) is 53.5 Å². The Morgan fingerprint density at radius 3 is 2.17 bits per heavy atom. The molecule has 0 radical (unpaired) electrons. The van der Waals surface area contributed by atoms with Gasteiger partial charge in [-0.1, -0.05) is 36.4 Å². The van der Waals surface area contributed by atoms with Crippen molar-refractivity contribution < 1.29 is 23.9 Å². The number of rotatable bonds is 12. The van der Waals surface area contributed by atoms with E-state index in [0.29, 0.717) is 42.5 Å². The van der Waals surface area contributed by atoms with Gasteiger partial charge >= 0.3 is 6.09 Å². The fourth-order valence-corrected chi connectivity index (χ4v) is 6.54. The highest BCUT2D eigenvalue weighted by molar-refractivity contribution is 5.98. The standard InChI is InChI=1S/C40H48N8O5/c1-24-21-30(15-20-33(24)37(50)42-32-18-19-32)27-9-5-25(6-10-27)22-34(38(51)43-31-16-13-28(14-17-31)35-45-47-48-46-35)44-36(49)29-11-7-26(8-12-29)23-41-39(52)53-40(2,3)4/h5-6,9-10,13-17,20-21,26,29,32,34H,7-8,11-12,18-19,22-23H2,1-4H3,(H,41,52)(H,42,50)(H,43,51)(H,44,49)(H,45,46,47,48)/t26?,29?,34-/m0/s1. The van der Waals surface area contributed by atoms with Gasteiger partial charge in [0.1, 0.15) is 11.6 Å². The van der Waals surface area contributed by atoms with Crippen molar-refractivity contribution in [3.05, 3.63) is 83.4 Å². The number of nitrogens with zero attached hydrogens (tertiary/aromatic N) is 3. The Labute approximate surface area is 309 Å². The molecule has 0 bridgehead atoms. The zero-order valence-corrected chi connectivity index (χ0v) is 30.7. The molecule has 278 valence electrons. The summed E-state index contributed by atoms with van der Waals surface area (Å²) in [6.07, 6.45) is 4.80. The lowest BCUT2D eigenvalue weighted by Gasteiger charge is -2.29. The molecule has 13 nitrogen and oxygen atoms in total. The number of hydrogen-bond acceptors (Lipinski definition) is 8. The van der Waals surface area contributed by atoms with E-state index < -0.39 is 17.7 Å². The topological polar surface area (TPSA) is 180 Å². The maximum Gasteiger partial charge on any atom is 0.407 e. The van der Waals surface area contributed by atoms with Gasteiger partial charge in [0, 0.05) is 41.7 Å². The van der Waals surface area contributed by atoms with Crippen molar-refractivity contribution in [1.29, 1.82) is 0 Å². The maximum absolute atomic E-state index is 13.8. The lowest BCUT2D eigenvalue weighted by Crippen LogP contribution is -2.48. The zero-order chi connectivity index (χ0) is 37.5. The molecule has 1 heterocycles. The molecular formula is C40H48N8O5. The fourth-order valence-electron chi connectivity index (χ4n) is 6.54. The summed E-state index contributed by atoms with van der Waals surface area (Å²) in [4.78, 5) is 52.2. The Balaban J connectivity index is 1.10. The Kier molecular flexibility index (Phi) is 11.5. The molecule has 0 aliphatic heterocycles. The molecule has 13 heteroatoms. The van der Waals surface area contributed by atoms with Gasteiger partial charge in [-0.15, -0.1) is 10.2 Å². The van der Waals surface area contributed by atoms with E-state index in [1.807, 2.05) is 70.2 Å². The third-order valence-corrected chi connectivity index (χ3v) is 9.65. The number of benzene rings is 3. The van der Waals surface area contributed by atoms with Gasteiger partial charge in [-0.05, 0) is 130 Å². The number of carbonyl (C=O) groups is 4. The molecular weight excluding hydrogens is 672 g/mol. The van der Waals surface area contributed by atoms with Crippen LogP contribution in [0, 0.1) is 18.8 Å². The number of ether oxygens (including phenoxy) is 1. The predicted molar refractivity (Wildman–Crippen MR) is 201 cm³/mol. The van der Waals surface area contributed by atoms with E-state index in [-0.39, 0.29) is 36.0 Å². The molecule has 1 aromatic heterocycles. The van der Waals surface area contributed by atoms with E-state index in [9.17, 15) is 19.2 Å². The molecule has 3 aromatic carbocycles. The number of carbonyl (C=O) groups excluding carboxylic acids is 4. The van der Waals surface area contributed by atoms with Crippen LogP contribution in [0.3, 0.4) is 0 Å². The van der Waals surface area contributed by atoms with Crippen molar-refractivity contribution >= 4 is 29.5 Å². The second-order valence-electron chi connectivity index (χ2n) is 15.1. The number of aryl methyl sites for hydroxylation is 1. The van der Waals surface area contributed by atoms with Crippen molar-refractivity contribution in [2.75, 3.05) is 11.9 Å². The van der Waals surface area contributed by atoms with E-state index >= 15 is 0 Å². The Bertz CT molecular complexity index is 1890. The van der Waals surface area contributed by atoms with Gasteiger partial charge in [0.2, 0.25) is 17.6 Å². The highest BCUT2D eigenvalue weighted by Gasteiger charge is 2.30. The van der Waals surface area contributed by atoms with Crippen molar-refractivity contribution in [1.82, 2.24) is 36.6 Å². The Morgan fingerprint density at radius 2 is 1.55 bits per heavy atom. The van der Waals surface area contributed by atoms with Crippen LogP contribution in [0.25, 0.3) is 22.5 Å². The number of tetrazole rings is 1. The van der Waals surface area contributed by atoms with Crippen LogP contribution in [-0.2, 0) is 20.7 Å². The van der Waals surface area contributed by atoms with E-state index in [1.165, 1.54) is 0 Å². The number of hydrogen-bond donors (Lipinski definition) is 5. The summed E-state index contributed by atoms with van der Waals surface area (Å²) < 4.78 is 5.35. The number of anilines is 1. The molecule has 4 aromatic rings. The largest absolute Gasteiger partial charge is 0.444 e. The SMILES string of the molecule is Cc1cc(-c2ccc(C[C@H](NC(=O)C3CCC(CNC(=O)OC(C)(C)C)CC3)C(=O)Nc3ccc(-c4nn[nH]n4)cc3)cc2)ccc1C(=O)NC1CC1. The van der Waals surface area contributed by atoms with Gasteiger partial charge in [-0.25, -0.2) is 4.79 Å². The molecule has 0 saturated heterocycles. The van der Waals surface area contributed by atoms with Crippen molar-refractivity contribution in [2.24, 2.45) is 11.8 Å². The van der Waals surface area contributed by atoms with Gasteiger partial charge in [-0.3, -0.25) is 14.4 Å². The fraction of sp³-hybridized carbons (Fsp3) is 0.425. The van der Waals surface area contributed by atoms with Gasteiger partial charge in [-0.2, -0.15) is 5.21 Å². The van der Waals surface area contributed by atoms with Crippen molar-refractivity contribution in [3.63, 3.8) is 0 Å². The van der Waals surface area contributed by atoms with Crippen LogP contribution < -0.4 is 21.3 Å². The molecule has 0 unspecified atom stereocenters. The summed E-state index contributed by atoms with van der Waals surface area (Å²) in [7, 11) is 0. The predicted octanol–water partition coefficient (Wildman–Crippen LogP) is 5.73. The Morgan fingerprint density at radius 1 is 0.868 bits per heavy atom. The number of H-pyrrole nitrogens is 1. The molecule has 5 N–H and O–H groups in total. The summed E-state index contributed by atoms with van der Waals surface area (Å²) in [5.74, 6) is -0.0760. The minimum atomic E-state index is -0.830. The molecule has 2 fully saturated rings. The molecule has 1 atom stereocenters. The van der Waals surface area contributed by atoms with Crippen LogP contribution in [0.2, 0.25) is 0 Å². The second kappa shape index (κ2) is 16.4. The van der Waals surface area contributed by atoms with Crippen LogP contribution in [0.4, 0.5) is 10.5 Å². The molecule has 2 aliphatic carbocycles. The summed E-state index contributed by atoms with van der Waals surface area (Å²) in [6, 6.07) is 20.3. The quantitative estimate of drug-likeness (QED) is 0.123. The summed E-state index contributed by atoms with van der Waals surface area (Å²) in [6.45, 7) is 7.92. The normalized spacial score (nSPS) is 17.7. The zero-order valence-electron chi connectivity index (χ0n) is 30.7. The average Bonchev–Trinajstić information content (AvgIpc) is 3.77. The molecule has 0 spiro atoms. The smallest absolute Gasteiger partial charge is 0.407 e. The van der Waals surface area contributed by atoms with Gasteiger partial charge in [0.05, 0.1) is 0 Å². The number of aromatic nitrogens is 4. The van der Waals surface area contributed by atoms with Crippen LogP contribution in [0.1, 0.15) is 80.8 Å². The first kappa shape index (κ1) is 37.2. The summed E-state index contributed by atoms with van der Waals surface area (Å²) in [5, 5.41) is 25.9. The van der Waals surface area contributed by atoms with E-state index in [1.54, 1.807) is 24.3 Å². The van der Waals surface area contributed by atoms with Gasteiger partial charge in [0.25, 0.3) is 5.91 Å². The molecule has 2 saturated carbocycles. The lowest BCUT2D eigenvalue weighted by molar-refractivity contribution is -0.130. The first-order valence-corrected chi connectivity index (χ1v) is 18.3. The van der Waals surface area contributed by atoms with Gasteiger partial charge in [0.15, 0.2) is 0 Å². The first-order chi connectivity index (χ1) is 25.4. The molecule has 53 heavy (non-hydrogen) atoms. The van der Waals surface area contributed by atoms with Crippen molar-refractivity contribution in [3.8, 4) is 22.5 Å². The highest BCUT2D eigenvalue weighted by Crippen LogP contribution is 2.29. The molecule has 2 aliphatic rings. The highest BCUT2D eigenvalue weighted by atomic mass is 16.6. The number of amides is 4. The average molecular weight is 721 g/mol. The first-order valence-electron chi connectivity index (χ1n) is 18.3. The third kappa shape index (κ3) is 10.5. The molecule has 6 rings (SSSR count). The van der Waals surface area contributed by atoms with Crippen LogP contribution in [-0.4, -0.2) is 68.7 Å². The lowest BCUT2D eigenvalue weighted by atomic mass is 9.81. The Hall–Kier alpha value is -5.59. The molecule has 4 amide bonds. The maximum atomic E-state index is 13.8. The van der Waals surface area contributed by atoms with Crippen molar-refractivity contribution in [2.45, 2.75) is 90.3 Å². The minimum Gasteiger partial charge on any atom is -0.444 e. The number of nitrogens with one attached hydrogen (secondary N) is 5. The summed E-state index contributed by atoms with van der Waals surface area (Å²) >= 11 is 0. The third-order valence-electron chi connectivity index (χ3n) is 9.65. The van der Waals surface area contributed by atoms with Gasteiger partial charge < -0.3 is 26.0 Å². The number of aromatic amines is 1. The van der Waals surface area contributed by atoms with E-state index in [4.69, 9.17) is 4.74 Å².